The summed E-state index contributed by atoms with van der Waals surface area (Å²) in [7, 11) is 0. The van der Waals surface area contributed by atoms with E-state index in [0.29, 0.717) is 32.5 Å². The number of carbonyl (C=O) groups excluding carboxylic acids is 2. The molecule has 0 saturated carbocycles. The molecular formula is C20H31N5O3. The Labute approximate surface area is 166 Å². The van der Waals surface area contributed by atoms with Gasteiger partial charge in [-0.05, 0) is 33.1 Å². The van der Waals surface area contributed by atoms with Gasteiger partial charge in [0.1, 0.15) is 11.4 Å². The average Bonchev–Trinajstić information content (AvgIpc) is 3.18. The molecular weight excluding hydrogens is 358 g/mol. The van der Waals surface area contributed by atoms with E-state index in [9.17, 15) is 9.59 Å². The fourth-order valence-corrected chi connectivity index (χ4v) is 4.59. The monoisotopic (exact) mass is 389 g/mol. The van der Waals surface area contributed by atoms with Gasteiger partial charge in [-0.25, -0.2) is 9.78 Å². The van der Waals surface area contributed by atoms with E-state index in [2.05, 4.69) is 14.9 Å². The minimum atomic E-state index is -0.591. The van der Waals surface area contributed by atoms with Crippen LogP contribution in [0.2, 0.25) is 0 Å². The quantitative estimate of drug-likeness (QED) is 0.835. The Morgan fingerprint density at radius 1 is 1.14 bits per heavy atom. The van der Waals surface area contributed by atoms with Gasteiger partial charge in [0.2, 0.25) is 0 Å². The molecule has 0 bridgehead atoms. The number of amides is 3. The molecule has 0 aliphatic carbocycles. The highest BCUT2D eigenvalue weighted by Gasteiger charge is 2.48. The summed E-state index contributed by atoms with van der Waals surface area (Å²) in [5.41, 5.74) is -0.591. The normalized spacial score (nSPS) is 24.3. The van der Waals surface area contributed by atoms with Crippen molar-refractivity contribution in [3.05, 3.63) is 18.2 Å². The minimum Gasteiger partial charge on any atom is -0.352 e. The molecule has 0 radical (unpaired) electrons. The molecule has 1 N–H and O–H groups in total. The standard InChI is InChI=1S/C20H31N5O3/c1-15(2)22-19(27)24-11-6-20(7-12-24)18-21-8-13-25(18)14-16(28-20)17(26)23-9-4-3-5-10-23/h8,13,15-16H,3-7,9-12,14H2,1-2H3,(H,22,27). The van der Waals surface area contributed by atoms with Crippen molar-refractivity contribution in [1.82, 2.24) is 24.7 Å². The van der Waals surface area contributed by atoms with Crippen molar-refractivity contribution in [1.29, 1.82) is 0 Å². The second-order valence-corrected chi connectivity index (χ2v) is 8.48. The lowest BCUT2D eigenvalue weighted by Crippen LogP contribution is -2.56. The third kappa shape index (κ3) is 3.62. The number of hydrogen-bond acceptors (Lipinski definition) is 4. The summed E-state index contributed by atoms with van der Waals surface area (Å²) in [4.78, 5) is 33.8. The summed E-state index contributed by atoms with van der Waals surface area (Å²) < 4.78 is 8.56. The molecule has 1 aromatic heterocycles. The van der Waals surface area contributed by atoms with Crippen molar-refractivity contribution in [3.8, 4) is 0 Å². The molecule has 2 fully saturated rings. The van der Waals surface area contributed by atoms with Crippen molar-refractivity contribution in [2.24, 2.45) is 0 Å². The number of likely N-dealkylation sites (tertiary alicyclic amines) is 2. The molecule has 28 heavy (non-hydrogen) atoms. The molecule has 3 amide bonds. The van der Waals surface area contributed by atoms with Gasteiger partial charge in [-0.3, -0.25) is 4.79 Å². The Morgan fingerprint density at radius 3 is 2.54 bits per heavy atom. The number of nitrogens with one attached hydrogen (secondary N) is 1. The molecule has 1 atom stereocenters. The van der Waals surface area contributed by atoms with Crippen molar-refractivity contribution < 1.29 is 14.3 Å². The summed E-state index contributed by atoms with van der Waals surface area (Å²) in [6, 6.07) is 0.0738. The molecule has 8 nitrogen and oxygen atoms in total. The highest BCUT2D eigenvalue weighted by atomic mass is 16.5. The number of fused-ring (bicyclic) bond motifs is 2. The molecule has 1 spiro atoms. The van der Waals surface area contributed by atoms with Crippen molar-refractivity contribution in [2.45, 2.75) is 70.2 Å². The SMILES string of the molecule is CC(C)NC(=O)N1CCC2(CC1)OC(C(=O)N1CCCCC1)Cn1ccnc12. The topological polar surface area (TPSA) is 79.7 Å². The molecule has 8 heteroatoms. The second-order valence-electron chi connectivity index (χ2n) is 8.48. The number of ether oxygens (including phenoxy) is 1. The van der Waals surface area contributed by atoms with Crippen molar-refractivity contribution >= 4 is 11.9 Å². The van der Waals surface area contributed by atoms with Crippen LogP contribution >= 0.6 is 0 Å². The first-order valence-electron chi connectivity index (χ1n) is 10.5. The third-order valence-corrected chi connectivity index (χ3v) is 6.07. The zero-order chi connectivity index (χ0) is 19.7. The molecule has 154 valence electrons. The van der Waals surface area contributed by atoms with Gasteiger partial charge in [0.15, 0.2) is 6.10 Å². The largest absolute Gasteiger partial charge is 0.352 e. The van der Waals surface area contributed by atoms with Gasteiger partial charge in [0, 0.05) is 57.5 Å². The van der Waals surface area contributed by atoms with Crippen molar-refractivity contribution in [2.75, 3.05) is 26.2 Å². The lowest BCUT2D eigenvalue weighted by Gasteiger charge is -2.46. The first-order chi connectivity index (χ1) is 13.5. The number of piperidine rings is 2. The van der Waals surface area contributed by atoms with Crippen LogP contribution in [0.25, 0.3) is 0 Å². The van der Waals surface area contributed by atoms with Gasteiger partial charge in [-0.2, -0.15) is 0 Å². The number of carbonyl (C=O) groups is 2. The smallest absolute Gasteiger partial charge is 0.317 e. The highest BCUT2D eigenvalue weighted by Crippen LogP contribution is 2.40. The van der Waals surface area contributed by atoms with Crippen LogP contribution in [0.4, 0.5) is 4.79 Å². The Bertz CT molecular complexity index is 717. The van der Waals surface area contributed by atoms with E-state index in [0.717, 1.165) is 31.8 Å². The van der Waals surface area contributed by atoms with Gasteiger partial charge >= 0.3 is 6.03 Å². The van der Waals surface area contributed by atoms with Crippen LogP contribution in [0.3, 0.4) is 0 Å². The fourth-order valence-electron chi connectivity index (χ4n) is 4.59. The van der Waals surface area contributed by atoms with Gasteiger partial charge in [-0.1, -0.05) is 0 Å². The minimum absolute atomic E-state index is 0.0371. The Balaban J connectivity index is 1.49. The van der Waals surface area contributed by atoms with Crippen LogP contribution in [0.5, 0.6) is 0 Å². The van der Waals surface area contributed by atoms with Gasteiger partial charge in [0.25, 0.3) is 5.91 Å². The van der Waals surface area contributed by atoms with Crippen LogP contribution in [-0.2, 0) is 21.7 Å². The van der Waals surface area contributed by atoms with Crippen LogP contribution in [0.15, 0.2) is 12.4 Å². The summed E-state index contributed by atoms with van der Waals surface area (Å²) in [6.45, 7) is 7.27. The van der Waals surface area contributed by atoms with Crippen LogP contribution in [0.1, 0.15) is 51.8 Å². The van der Waals surface area contributed by atoms with Crippen LogP contribution in [-0.4, -0.2) is 69.6 Å². The van der Waals surface area contributed by atoms with E-state index >= 15 is 0 Å². The highest BCUT2D eigenvalue weighted by molar-refractivity contribution is 5.81. The lowest BCUT2D eigenvalue weighted by atomic mass is 9.88. The zero-order valence-corrected chi connectivity index (χ0v) is 16.9. The number of aromatic nitrogens is 2. The first-order valence-corrected chi connectivity index (χ1v) is 10.5. The van der Waals surface area contributed by atoms with E-state index in [1.54, 1.807) is 6.20 Å². The maximum absolute atomic E-state index is 13.1. The van der Waals surface area contributed by atoms with E-state index < -0.39 is 11.7 Å². The van der Waals surface area contributed by atoms with Crippen LogP contribution < -0.4 is 5.32 Å². The molecule has 4 heterocycles. The van der Waals surface area contributed by atoms with Crippen molar-refractivity contribution in [3.63, 3.8) is 0 Å². The second kappa shape index (κ2) is 7.73. The fraction of sp³-hybridized carbons (Fsp3) is 0.750. The molecule has 2 saturated heterocycles. The molecule has 3 aliphatic heterocycles. The molecule has 1 unspecified atom stereocenters. The zero-order valence-electron chi connectivity index (χ0n) is 16.9. The number of hydrogen-bond donors (Lipinski definition) is 1. The predicted molar refractivity (Wildman–Crippen MR) is 104 cm³/mol. The van der Waals surface area contributed by atoms with E-state index in [4.69, 9.17) is 4.74 Å². The third-order valence-electron chi connectivity index (χ3n) is 6.07. The summed E-state index contributed by atoms with van der Waals surface area (Å²) in [5, 5.41) is 2.95. The van der Waals surface area contributed by atoms with Gasteiger partial charge in [-0.15, -0.1) is 0 Å². The van der Waals surface area contributed by atoms with Gasteiger partial charge in [0.05, 0.1) is 6.54 Å². The first kappa shape index (κ1) is 19.2. The van der Waals surface area contributed by atoms with Crippen LogP contribution in [0, 0.1) is 0 Å². The number of imidazole rings is 1. The Morgan fingerprint density at radius 2 is 1.86 bits per heavy atom. The maximum atomic E-state index is 13.1. The van der Waals surface area contributed by atoms with Gasteiger partial charge < -0.3 is 24.4 Å². The summed E-state index contributed by atoms with van der Waals surface area (Å²) in [5.74, 6) is 0.984. The molecule has 3 aliphatic rings. The molecule has 0 aromatic carbocycles. The van der Waals surface area contributed by atoms with E-state index in [1.165, 1.54) is 6.42 Å². The maximum Gasteiger partial charge on any atom is 0.317 e. The predicted octanol–water partition coefficient (Wildman–Crippen LogP) is 1.70. The van der Waals surface area contributed by atoms with E-state index in [1.807, 2.05) is 29.8 Å². The Hall–Kier alpha value is -2.09. The number of rotatable bonds is 2. The average molecular weight is 390 g/mol. The Kier molecular flexibility index (Phi) is 5.31. The summed E-state index contributed by atoms with van der Waals surface area (Å²) in [6.07, 6.45) is 7.88. The summed E-state index contributed by atoms with van der Waals surface area (Å²) >= 11 is 0. The molecule has 1 aromatic rings. The number of nitrogens with zero attached hydrogens (tertiary/aromatic N) is 4. The lowest BCUT2D eigenvalue weighted by molar-refractivity contribution is -0.180. The molecule has 4 rings (SSSR count). The van der Waals surface area contributed by atoms with E-state index in [-0.39, 0.29) is 18.0 Å². The number of urea groups is 1.